The highest BCUT2D eigenvalue weighted by molar-refractivity contribution is 7.85. The summed E-state index contributed by atoms with van der Waals surface area (Å²) in [6.07, 6.45) is 0. The molecule has 3 N–H and O–H groups in total. The van der Waals surface area contributed by atoms with Crippen LogP contribution in [0.5, 0.6) is 5.75 Å². The minimum Gasteiger partial charge on any atom is -0.507 e. The van der Waals surface area contributed by atoms with E-state index < -0.39 is 25.8 Å². The number of aromatic hydroxyl groups is 1. The molecule has 3 aromatic rings. The zero-order chi connectivity index (χ0) is 19.8. The van der Waals surface area contributed by atoms with E-state index in [0.717, 1.165) is 18.2 Å². The van der Waals surface area contributed by atoms with Crippen molar-refractivity contribution in [2.75, 3.05) is 5.32 Å². The Labute approximate surface area is 152 Å². The molecule has 0 saturated heterocycles. The van der Waals surface area contributed by atoms with Gasteiger partial charge in [0.1, 0.15) is 5.75 Å². The molecular formula is C17H12N2O7S. The first kappa shape index (κ1) is 18.3. The maximum absolute atomic E-state index is 12.4. The van der Waals surface area contributed by atoms with E-state index in [2.05, 4.69) is 5.32 Å². The van der Waals surface area contributed by atoms with E-state index >= 15 is 0 Å². The lowest BCUT2D eigenvalue weighted by atomic mass is 10.1. The van der Waals surface area contributed by atoms with Crippen LogP contribution in [-0.4, -0.2) is 28.9 Å². The molecular weight excluding hydrogens is 376 g/mol. The van der Waals surface area contributed by atoms with Crippen LogP contribution in [0.25, 0.3) is 10.8 Å². The molecule has 0 radical (unpaired) electrons. The summed E-state index contributed by atoms with van der Waals surface area (Å²) in [5.74, 6) is -0.867. The lowest BCUT2D eigenvalue weighted by molar-refractivity contribution is -0.384. The number of anilines is 1. The maximum Gasteiger partial charge on any atom is 0.294 e. The number of nitro benzene ring substituents is 1. The fourth-order valence-corrected chi connectivity index (χ4v) is 3.04. The third-order valence-electron chi connectivity index (χ3n) is 3.83. The Morgan fingerprint density at radius 3 is 2.44 bits per heavy atom. The summed E-state index contributed by atoms with van der Waals surface area (Å²) in [6.45, 7) is 0. The number of hydrogen-bond acceptors (Lipinski definition) is 6. The van der Waals surface area contributed by atoms with Crippen molar-refractivity contribution < 1.29 is 27.8 Å². The van der Waals surface area contributed by atoms with E-state index in [-0.39, 0.29) is 28.1 Å². The molecule has 0 aliphatic carbocycles. The van der Waals surface area contributed by atoms with Gasteiger partial charge in [0.25, 0.3) is 21.7 Å². The van der Waals surface area contributed by atoms with Gasteiger partial charge in [-0.15, -0.1) is 0 Å². The van der Waals surface area contributed by atoms with Gasteiger partial charge in [0.05, 0.1) is 9.82 Å². The van der Waals surface area contributed by atoms with Gasteiger partial charge in [-0.1, -0.05) is 12.1 Å². The number of nitrogens with zero attached hydrogens (tertiary/aromatic N) is 1. The summed E-state index contributed by atoms with van der Waals surface area (Å²) in [6, 6.07) is 11.3. The van der Waals surface area contributed by atoms with Crippen LogP contribution in [0.3, 0.4) is 0 Å². The molecule has 10 heteroatoms. The average Bonchev–Trinajstić information content (AvgIpc) is 2.63. The highest BCUT2D eigenvalue weighted by atomic mass is 32.2. The van der Waals surface area contributed by atoms with E-state index in [9.17, 15) is 28.4 Å². The van der Waals surface area contributed by atoms with Crippen LogP contribution in [0, 0.1) is 10.1 Å². The Kier molecular flexibility index (Phi) is 4.52. The van der Waals surface area contributed by atoms with E-state index in [4.69, 9.17) is 4.55 Å². The number of phenols is 1. The second-order valence-corrected chi connectivity index (χ2v) is 7.00. The van der Waals surface area contributed by atoms with Crippen LogP contribution in [0.4, 0.5) is 11.4 Å². The van der Waals surface area contributed by atoms with Gasteiger partial charge in [-0.05, 0) is 30.3 Å². The molecule has 1 amide bonds. The van der Waals surface area contributed by atoms with Crippen LogP contribution < -0.4 is 5.32 Å². The summed E-state index contributed by atoms with van der Waals surface area (Å²) in [5, 5.41) is 23.8. The number of fused-ring (bicyclic) bond motifs is 1. The summed E-state index contributed by atoms with van der Waals surface area (Å²) < 4.78 is 31.7. The zero-order valence-electron chi connectivity index (χ0n) is 13.5. The second kappa shape index (κ2) is 6.67. The number of nitrogens with one attached hydrogen (secondary N) is 1. The van der Waals surface area contributed by atoms with Gasteiger partial charge in [0.15, 0.2) is 0 Å². The zero-order valence-corrected chi connectivity index (χ0v) is 14.3. The van der Waals surface area contributed by atoms with Crippen molar-refractivity contribution in [1.29, 1.82) is 0 Å². The summed E-state index contributed by atoms with van der Waals surface area (Å²) >= 11 is 0. The number of hydrogen-bond donors (Lipinski definition) is 3. The molecule has 0 spiro atoms. The fraction of sp³-hybridized carbons (Fsp3) is 0. The van der Waals surface area contributed by atoms with Gasteiger partial charge in [-0.25, -0.2) is 0 Å². The first-order valence-corrected chi connectivity index (χ1v) is 8.90. The minimum absolute atomic E-state index is 0.0555. The molecule has 0 saturated carbocycles. The van der Waals surface area contributed by atoms with Crippen molar-refractivity contribution in [3.8, 4) is 5.75 Å². The van der Waals surface area contributed by atoms with Gasteiger partial charge in [-0.3, -0.25) is 19.5 Å². The maximum atomic E-state index is 12.4. The summed E-state index contributed by atoms with van der Waals surface area (Å²) in [4.78, 5) is 22.2. The molecule has 3 rings (SSSR count). The van der Waals surface area contributed by atoms with Crippen LogP contribution in [0.15, 0.2) is 59.5 Å². The van der Waals surface area contributed by atoms with E-state index in [0.29, 0.717) is 5.39 Å². The smallest absolute Gasteiger partial charge is 0.294 e. The molecule has 27 heavy (non-hydrogen) atoms. The van der Waals surface area contributed by atoms with Crippen LogP contribution in [0.1, 0.15) is 10.4 Å². The third kappa shape index (κ3) is 3.71. The summed E-state index contributed by atoms with van der Waals surface area (Å²) in [7, 11) is -4.47. The topological polar surface area (TPSA) is 147 Å². The Balaban J connectivity index is 2.02. The van der Waals surface area contributed by atoms with Gasteiger partial charge < -0.3 is 10.4 Å². The van der Waals surface area contributed by atoms with Crippen molar-refractivity contribution in [3.63, 3.8) is 0 Å². The molecule has 0 heterocycles. The van der Waals surface area contributed by atoms with Crippen molar-refractivity contribution in [3.05, 3.63) is 70.3 Å². The molecule has 0 unspecified atom stereocenters. The molecule has 138 valence electrons. The molecule has 0 fully saturated rings. The van der Waals surface area contributed by atoms with Crippen molar-refractivity contribution in [2.45, 2.75) is 4.90 Å². The van der Waals surface area contributed by atoms with Crippen LogP contribution in [-0.2, 0) is 10.1 Å². The van der Waals surface area contributed by atoms with Crippen LogP contribution >= 0.6 is 0 Å². The molecule has 0 aromatic heterocycles. The Hall–Kier alpha value is -3.50. The molecule has 0 aliphatic heterocycles. The predicted octanol–water partition coefficient (Wildman–Crippen LogP) is 2.95. The van der Waals surface area contributed by atoms with Crippen LogP contribution in [0.2, 0.25) is 0 Å². The largest absolute Gasteiger partial charge is 0.507 e. The molecule has 0 aliphatic rings. The lowest BCUT2D eigenvalue weighted by Crippen LogP contribution is -2.12. The molecule has 3 aromatic carbocycles. The Bertz CT molecular complexity index is 1190. The number of carbonyl (C=O) groups excluding carboxylic acids is 1. The Morgan fingerprint density at radius 1 is 1.04 bits per heavy atom. The number of phenolic OH excluding ortho intramolecular Hbond substituents is 1. The minimum atomic E-state index is -4.47. The SMILES string of the molecule is O=C(Nc1ccc(O)c2cc(S(=O)(=O)O)ccc12)c1cccc([N+](=O)[O-])c1. The highest BCUT2D eigenvalue weighted by Gasteiger charge is 2.16. The Morgan fingerprint density at radius 2 is 1.78 bits per heavy atom. The molecule has 0 bridgehead atoms. The van der Waals surface area contributed by atoms with E-state index in [1.54, 1.807) is 0 Å². The fourth-order valence-electron chi connectivity index (χ4n) is 2.54. The van der Waals surface area contributed by atoms with E-state index in [1.807, 2.05) is 0 Å². The van der Waals surface area contributed by atoms with Gasteiger partial charge in [0.2, 0.25) is 0 Å². The molecule has 0 atom stereocenters. The lowest BCUT2D eigenvalue weighted by Gasteiger charge is -2.11. The second-order valence-electron chi connectivity index (χ2n) is 5.58. The van der Waals surface area contributed by atoms with E-state index in [1.165, 1.54) is 36.4 Å². The first-order valence-electron chi connectivity index (χ1n) is 7.46. The monoisotopic (exact) mass is 388 g/mol. The number of nitro groups is 1. The highest BCUT2D eigenvalue weighted by Crippen LogP contribution is 2.33. The number of rotatable bonds is 4. The number of non-ortho nitro benzene ring substituents is 1. The van der Waals surface area contributed by atoms with Crippen molar-refractivity contribution in [2.24, 2.45) is 0 Å². The van der Waals surface area contributed by atoms with Crippen molar-refractivity contribution >= 4 is 38.2 Å². The standard InChI is InChI=1S/C17H12N2O7S/c20-16-7-6-15(13-5-4-12(9-14(13)16)27(24,25)26)18-17(21)10-2-1-3-11(8-10)19(22)23/h1-9,20H,(H,18,21)(H,24,25,26). The first-order chi connectivity index (χ1) is 12.7. The molecule has 9 nitrogen and oxygen atoms in total. The van der Waals surface area contributed by atoms with Gasteiger partial charge in [0, 0.05) is 34.2 Å². The number of carbonyl (C=O) groups is 1. The normalized spacial score (nSPS) is 11.3. The average molecular weight is 388 g/mol. The van der Waals surface area contributed by atoms with Gasteiger partial charge in [-0.2, -0.15) is 8.42 Å². The van der Waals surface area contributed by atoms with Crippen molar-refractivity contribution in [1.82, 2.24) is 0 Å². The quantitative estimate of drug-likeness (QED) is 0.269. The third-order valence-corrected chi connectivity index (χ3v) is 4.68. The van der Waals surface area contributed by atoms with Gasteiger partial charge >= 0.3 is 0 Å². The number of amides is 1. The predicted molar refractivity (Wildman–Crippen MR) is 96.5 cm³/mol. The summed E-state index contributed by atoms with van der Waals surface area (Å²) in [5.41, 5.74) is 0.0668. The number of benzene rings is 3.